The summed E-state index contributed by atoms with van der Waals surface area (Å²) in [5.74, 6) is 0.429. The van der Waals surface area contributed by atoms with Crippen molar-refractivity contribution in [2.45, 2.75) is 31.7 Å². The summed E-state index contributed by atoms with van der Waals surface area (Å²) < 4.78 is 1.71. The summed E-state index contributed by atoms with van der Waals surface area (Å²) in [6, 6.07) is 10.1. The maximum Gasteiger partial charge on any atom is 0.254 e. The number of benzene rings is 1. The van der Waals surface area contributed by atoms with Crippen molar-refractivity contribution in [3.05, 3.63) is 48.3 Å². The zero-order valence-corrected chi connectivity index (χ0v) is 12.6. The number of hydrogen-bond acceptors (Lipinski definition) is 3. The highest BCUT2D eigenvalue weighted by Gasteiger charge is 2.20. The molecule has 1 aromatic carbocycles. The number of amides is 1. The Labute approximate surface area is 130 Å². The molecule has 2 aromatic rings. The molecule has 3 rings (SSSR count). The fraction of sp³-hybridized carbons (Fsp3) is 0.412. The summed E-state index contributed by atoms with van der Waals surface area (Å²) >= 11 is 0. The van der Waals surface area contributed by atoms with Gasteiger partial charge in [0.1, 0.15) is 0 Å². The number of nitrogens with zero attached hydrogens (tertiary/aromatic N) is 2. The lowest BCUT2D eigenvalue weighted by Gasteiger charge is -2.26. The number of carbonyl (C=O) groups is 1. The molecular weight excluding hydrogens is 276 g/mol. The first-order chi connectivity index (χ1) is 10.7. The van der Waals surface area contributed by atoms with Gasteiger partial charge in [-0.2, -0.15) is 5.10 Å². The second-order valence-corrected chi connectivity index (χ2v) is 6.01. The summed E-state index contributed by atoms with van der Waals surface area (Å²) in [5, 5.41) is 7.26. The van der Waals surface area contributed by atoms with Gasteiger partial charge >= 0.3 is 0 Å². The third-order valence-corrected chi connectivity index (χ3v) is 4.24. The van der Waals surface area contributed by atoms with Crippen LogP contribution in [-0.4, -0.2) is 28.3 Å². The fourth-order valence-corrected chi connectivity index (χ4v) is 3.02. The van der Waals surface area contributed by atoms with Gasteiger partial charge in [-0.05, 0) is 37.3 Å². The first-order valence-corrected chi connectivity index (χ1v) is 7.86. The number of carbonyl (C=O) groups excluding carboxylic acids is 1. The van der Waals surface area contributed by atoms with Crippen LogP contribution in [0, 0.1) is 5.92 Å². The third-order valence-electron chi connectivity index (χ3n) is 4.24. The maximum absolute atomic E-state index is 12.2. The average molecular weight is 298 g/mol. The lowest BCUT2D eigenvalue weighted by molar-refractivity contribution is 0.0942. The van der Waals surface area contributed by atoms with E-state index in [0.29, 0.717) is 18.0 Å². The minimum Gasteiger partial charge on any atom is -0.352 e. The van der Waals surface area contributed by atoms with Gasteiger partial charge in [0.2, 0.25) is 0 Å². The normalized spacial score (nSPS) is 21.5. The van der Waals surface area contributed by atoms with E-state index in [9.17, 15) is 4.79 Å². The van der Waals surface area contributed by atoms with Crippen LogP contribution in [0.5, 0.6) is 0 Å². The van der Waals surface area contributed by atoms with Gasteiger partial charge in [0.25, 0.3) is 5.91 Å². The number of hydrogen-bond donors (Lipinski definition) is 2. The summed E-state index contributed by atoms with van der Waals surface area (Å²) in [5.41, 5.74) is 7.52. The van der Waals surface area contributed by atoms with Crippen molar-refractivity contribution in [2.24, 2.45) is 11.7 Å². The van der Waals surface area contributed by atoms with E-state index in [0.717, 1.165) is 31.4 Å². The van der Waals surface area contributed by atoms with Crippen LogP contribution in [0.25, 0.3) is 5.69 Å². The van der Waals surface area contributed by atoms with Crippen LogP contribution in [-0.2, 0) is 0 Å². The first kappa shape index (κ1) is 14.8. The Bertz CT molecular complexity index is 623. The van der Waals surface area contributed by atoms with E-state index in [4.69, 9.17) is 5.73 Å². The zero-order valence-electron chi connectivity index (χ0n) is 12.6. The molecule has 1 heterocycles. The first-order valence-electron chi connectivity index (χ1n) is 7.86. The van der Waals surface area contributed by atoms with Gasteiger partial charge < -0.3 is 11.1 Å². The molecule has 5 heteroatoms. The molecule has 1 saturated carbocycles. The third kappa shape index (κ3) is 3.54. The molecule has 2 unspecified atom stereocenters. The molecule has 1 aliphatic carbocycles. The quantitative estimate of drug-likeness (QED) is 0.908. The number of rotatable bonds is 4. The molecule has 1 amide bonds. The van der Waals surface area contributed by atoms with Crippen molar-refractivity contribution < 1.29 is 4.79 Å². The molecule has 1 fully saturated rings. The Morgan fingerprint density at radius 2 is 2.14 bits per heavy atom. The highest BCUT2D eigenvalue weighted by molar-refractivity contribution is 5.93. The van der Waals surface area contributed by atoms with Gasteiger partial charge in [-0.15, -0.1) is 0 Å². The maximum atomic E-state index is 12.2. The van der Waals surface area contributed by atoms with Crippen molar-refractivity contribution >= 4 is 5.91 Å². The number of aromatic nitrogens is 2. The van der Waals surface area contributed by atoms with Crippen LogP contribution in [0.1, 0.15) is 36.0 Å². The Morgan fingerprint density at radius 1 is 1.32 bits per heavy atom. The minimum absolute atomic E-state index is 0.0682. The molecule has 0 radical (unpaired) electrons. The Hall–Kier alpha value is -2.14. The van der Waals surface area contributed by atoms with Crippen LogP contribution in [0.4, 0.5) is 0 Å². The number of nitrogens with one attached hydrogen (secondary N) is 1. The van der Waals surface area contributed by atoms with E-state index in [1.165, 1.54) is 0 Å². The predicted octanol–water partition coefficient (Wildman–Crippen LogP) is 2.12. The van der Waals surface area contributed by atoms with Crippen LogP contribution in [0.3, 0.4) is 0 Å². The highest BCUT2D eigenvalue weighted by atomic mass is 16.1. The molecule has 1 aliphatic rings. The lowest BCUT2D eigenvalue weighted by atomic mass is 9.86. The Kier molecular flexibility index (Phi) is 4.53. The number of para-hydroxylation sites is 1. The van der Waals surface area contributed by atoms with E-state index in [2.05, 4.69) is 10.4 Å². The smallest absolute Gasteiger partial charge is 0.254 e. The summed E-state index contributed by atoms with van der Waals surface area (Å²) in [6.45, 7) is 0.697. The van der Waals surface area contributed by atoms with E-state index in [1.807, 2.05) is 30.3 Å². The Morgan fingerprint density at radius 3 is 2.91 bits per heavy atom. The van der Waals surface area contributed by atoms with Crippen LogP contribution >= 0.6 is 0 Å². The van der Waals surface area contributed by atoms with Crippen molar-refractivity contribution in [2.75, 3.05) is 6.54 Å². The molecule has 3 N–H and O–H groups in total. The molecular formula is C17H22N4O. The largest absolute Gasteiger partial charge is 0.352 e. The van der Waals surface area contributed by atoms with Gasteiger partial charge in [0.05, 0.1) is 17.4 Å². The van der Waals surface area contributed by atoms with Crippen LogP contribution in [0.2, 0.25) is 0 Å². The molecule has 0 spiro atoms. The van der Waals surface area contributed by atoms with Crippen LogP contribution in [0.15, 0.2) is 42.7 Å². The predicted molar refractivity (Wildman–Crippen MR) is 85.8 cm³/mol. The molecule has 5 nitrogen and oxygen atoms in total. The van der Waals surface area contributed by atoms with Gasteiger partial charge in [-0.3, -0.25) is 4.79 Å². The zero-order chi connectivity index (χ0) is 15.4. The molecule has 0 aliphatic heterocycles. The topological polar surface area (TPSA) is 72.9 Å². The summed E-state index contributed by atoms with van der Waals surface area (Å²) in [7, 11) is 0. The molecule has 2 atom stereocenters. The van der Waals surface area contributed by atoms with Gasteiger partial charge in [0, 0.05) is 18.8 Å². The van der Waals surface area contributed by atoms with E-state index in [-0.39, 0.29) is 11.9 Å². The summed E-state index contributed by atoms with van der Waals surface area (Å²) in [6.07, 6.45) is 7.79. The molecule has 0 bridgehead atoms. The highest BCUT2D eigenvalue weighted by Crippen LogP contribution is 2.22. The lowest BCUT2D eigenvalue weighted by Crippen LogP contribution is -2.35. The van der Waals surface area contributed by atoms with Crippen molar-refractivity contribution in [1.29, 1.82) is 0 Å². The second-order valence-electron chi connectivity index (χ2n) is 6.01. The van der Waals surface area contributed by atoms with Gasteiger partial charge in [0.15, 0.2) is 0 Å². The van der Waals surface area contributed by atoms with Crippen molar-refractivity contribution in [1.82, 2.24) is 15.1 Å². The van der Waals surface area contributed by atoms with Crippen LogP contribution < -0.4 is 11.1 Å². The number of nitrogens with two attached hydrogens (primary N) is 1. The second kappa shape index (κ2) is 6.75. The molecule has 22 heavy (non-hydrogen) atoms. The Balaban J connectivity index is 1.58. The van der Waals surface area contributed by atoms with Crippen molar-refractivity contribution in [3.8, 4) is 5.69 Å². The van der Waals surface area contributed by atoms with Gasteiger partial charge in [-0.1, -0.05) is 24.6 Å². The fourth-order valence-electron chi connectivity index (χ4n) is 3.02. The monoisotopic (exact) mass is 298 g/mol. The van der Waals surface area contributed by atoms with E-state index < -0.39 is 0 Å². The minimum atomic E-state index is -0.0682. The summed E-state index contributed by atoms with van der Waals surface area (Å²) in [4.78, 5) is 12.2. The molecule has 116 valence electrons. The van der Waals surface area contributed by atoms with E-state index in [1.54, 1.807) is 17.1 Å². The SMILES string of the molecule is NC1CCCC(CNC(=O)c2cnn(-c3ccccc3)c2)C1. The average Bonchev–Trinajstić information content (AvgIpc) is 3.04. The van der Waals surface area contributed by atoms with E-state index >= 15 is 0 Å². The van der Waals surface area contributed by atoms with Crippen molar-refractivity contribution in [3.63, 3.8) is 0 Å². The molecule has 1 aromatic heterocycles. The molecule has 0 saturated heterocycles. The van der Waals surface area contributed by atoms with Gasteiger partial charge in [-0.25, -0.2) is 4.68 Å². The standard InChI is InChI=1S/C17H22N4O/c18-15-6-4-5-13(9-15)10-19-17(22)14-11-20-21(12-14)16-7-2-1-3-8-16/h1-3,7-8,11-13,15H,4-6,9-10,18H2,(H,19,22).